The second kappa shape index (κ2) is 3.47. The maximum absolute atomic E-state index is 12.5. The van der Waals surface area contributed by atoms with Gasteiger partial charge >= 0.3 is 6.03 Å². The van der Waals surface area contributed by atoms with Gasteiger partial charge in [0.15, 0.2) is 0 Å². The molecule has 0 atom stereocenters. The first-order valence-electron chi connectivity index (χ1n) is 6.34. The maximum atomic E-state index is 12.5. The average molecular weight is 222 g/mol. The van der Waals surface area contributed by atoms with E-state index in [0.717, 1.165) is 44.9 Å². The number of nitrogens with one attached hydrogen (secondary N) is 1. The zero-order valence-corrected chi connectivity index (χ0v) is 9.50. The minimum atomic E-state index is -0.247. The molecule has 0 aromatic rings. The molecule has 0 aromatic heterocycles. The Kier molecular flexibility index (Phi) is 2.19. The fourth-order valence-corrected chi connectivity index (χ4v) is 3.17. The van der Waals surface area contributed by atoms with Crippen molar-refractivity contribution in [2.24, 2.45) is 5.41 Å². The van der Waals surface area contributed by atoms with Crippen LogP contribution in [0.15, 0.2) is 0 Å². The third kappa shape index (κ3) is 1.28. The van der Waals surface area contributed by atoms with Gasteiger partial charge in [0.05, 0.1) is 5.41 Å². The minimum absolute atomic E-state index is 0.110. The molecule has 1 aliphatic heterocycles. The first-order valence-corrected chi connectivity index (χ1v) is 6.34. The highest BCUT2D eigenvalue weighted by Gasteiger charge is 2.51. The molecule has 16 heavy (non-hydrogen) atoms. The molecule has 3 amide bonds. The SMILES string of the molecule is O=C1NCC2(CCCC2)C(=O)N1C1CCC1. The number of imide groups is 1. The summed E-state index contributed by atoms with van der Waals surface area (Å²) in [4.78, 5) is 25.8. The van der Waals surface area contributed by atoms with Crippen molar-refractivity contribution in [3.05, 3.63) is 0 Å². The number of carbonyl (C=O) groups is 2. The quantitative estimate of drug-likeness (QED) is 0.733. The Hall–Kier alpha value is -1.06. The number of amides is 3. The molecule has 4 nitrogen and oxygen atoms in total. The fraction of sp³-hybridized carbons (Fsp3) is 0.833. The third-order valence-corrected chi connectivity index (χ3v) is 4.47. The number of hydrogen-bond donors (Lipinski definition) is 1. The predicted octanol–water partition coefficient (Wildman–Crippen LogP) is 1.65. The van der Waals surface area contributed by atoms with E-state index in [1.807, 2.05) is 0 Å². The normalized spacial score (nSPS) is 29.4. The van der Waals surface area contributed by atoms with Crippen molar-refractivity contribution in [1.29, 1.82) is 0 Å². The summed E-state index contributed by atoms with van der Waals surface area (Å²) < 4.78 is 0. The van der Waals surface area contributed by atoms with Crippen LogP contribution in [-0.4, -0.2) is 29.4 Å². The van der Waals surface area contributed by atoms with Crippen LogP contribution in [0.3, 0.4) is 0 Å². The largest absolute Gasteiger partial charge is 0.337 e. The summed E-state index contributed by atoms with van der Waals surface area (Å²) in [6, 6.07) is 0.0255. The number of hydrogen-bond acceptors (Lipinski definition) is 2. The summed E-state index contributed by atoms with van der Waals surface area (Å²) in [5.41, 5.74) is -0.247. The Morgan fingerprint density at radius 2 is 1.81 bits per heavy atom. The van der Waals surface area contributed by atoms with E-state index >= 15 is 0 Å². The van der Waals surface area contributed by atoms with E-state index in [2.05, 4.69) is 5.32 Å². The van der Waals surface area contributed by atoms with Gasteiger partial charge < -0.3 is 5.32 Å². The van der Waals surface area contributed by atoms with Gasteiger partial charge in [0.1, 0.15) is 0 Å². The Labute approximate surface area is 95.4 Å². The van der Waals surface area contributed by atoms with Crippen LogP contribution in [0, 0.1) is 5.41 Å². The lowest BCUT2D eigenvalue weighted by Gasteiger charge is -2.44. The molecule has 3 rings (SSSR count). The van der Waals surface area contributed by atoms with Crippen molar-refractivity contribution in [3.8, 4) is 0 Å². The number of carbonyl (C=O) groups excluding carboxylic acids is 2. The van der Waals surface area contributed by atoms with Crippen LogP contribution in [0.1, 0.15) is 44.9 Å². The summed E-state index contributed by atoms with van der Waals surface area (Å²) >= 11 is 0. The molecule has 0 bridgehead atoms. The van der Waals surface area contributed by atoms with Gasteiger partial charge in [-0.25, -0.2) is 4.79 Å². The number of nitrogens with zero attached hydrogens (tertiary/aromatic N) is 1. The summed E-state index contributed by atoms with van der Waals surface area (Å²) in [5, 5.41) is 2.91. The van der Waals surface area contributed by atoms with Crippen molar-refractivity contribution in [2.75, 3.05) is 6.54 Å². The van der Waals surface area contributed by atoms with Gasteiger partial charge in [0, 0.05) is 12.6 Å². The zero-order chi connectivity index (χ0) is 11.2. The second-order valence-electron chi connectivity index (χ2n) is 5.41. The van der Waals surface area contributed by atoms with Crippen LogP contribution in [-0.2, 0) is 4.79 Å². The standard InChI is InChI=1S/C12H18N2O2/c15-10-12(6-1-2-7-12)8-13-11(16)14(10)9-4-3-5-9/h9H,1-8H2,(H,13,16). The third-order valence-electron chi connectivity index (χ3n) is 4.47. The molecule has 0 unspecified atom stereocenters. The van der Waals surface area contributed by atoms with Gasteiger partial charge in [-0.15, -0.1) is 0 Å². The van der Waals surface area contributed by atoms with E-state index in [-0.39, 0.29) is 23.4 Å². The molecule has 3 aliphatic rings. The molecule has 3 fully saturated rings. The highest BCUT2D eigenvalue weighted by atomic mass is 16.2. The van der Waals surface area contributed by atoms with E-state index in [1.54, 1.807) is 0 Å². The van der Waals surface area contributed by atoms with Crippen molar-refractivity contribution >= 4 is 11.9 Å². The molecule has 2 aliphatic carbocycles. The maximum Gasteiger partial charge on any atom is 0.324 e. The molecular formula is C12H18N2O2. The lowest BCUT2D eigenvalue weighted by atomic mass is 9.80. The Balaban J connectivity index is 1.85. The van der Waals surface area contributed by atoms with Crippen molar-refractivity contribution < 1.29 is 9.59 Å². The van der Waals surface area contributed by atoms with Crippen molar-refractivity contribution in [2.45, 2.75) is 51.0 Å². The Morgan fingerprint density at radius 3 is 2.38 bits per heavy atom. The van der Waals surface area contributed by atoms with Gasteiger partial charge in [-0.3, -0.25) is 9.69 Å². The highest BCUT2D eigenvalue weighted by molar-refractivity contribution is 6.00. The molecule has 0 aromatic carbocycles. The lowest BCUT2D eigenvalue weighted by Crippen LogP contribution is -2.63. The smallest absolute Gasteiger partial charge is 0.324 e. The summed E-state index contributed by atoms with van der Waals surface area (Å²) in [6.45, 7) is 0.563. The van der Waals surface area contributed by atoms with Crippen LogP contribution >= 0.6 is 0 Å². The number of urea groups is 1. The van der Waals surface area contributed by atoms with Gasteiger partial charge in [-0.1, -0.05) is 12.8 Å². The van der Waals surface area contributed by atoms with Crippen LogP contribution in [0.4, 0.5) is 4.79 Å². The minimum Gasteiger partial charge on any atom is -0.337 e. The molecule has 2 saturated carbocycles. The molecule has 1 heterocycles. The van der Waals surface area contributed by atoms with Crippen LogP contribution in [0.2, 0.25) is 0 Å². The second-order valence-corrected chi connectivity index (χ2v) is 5.41. The van der Waals surface area contributed by atoms with Crippen LogP contribution in [0.5, 0.6) is 0 Å². The fourth-order valence-electron chi connectivity index (χ4n) is 3.17. The van der Waals surface area contributed by atoms with Gasteiger partial charge in [0.25, 0.3) is 0 Å². The monoisotopic (exact) mass is 222 g/mol. The van der Waals surface area contributed by atoms with E-state index in [9.17, 15) is 9.59 Å². The van der Waals surface area contributed by atoms with E-state index in [1.165, 1.54) is 4.90 Å². The van der Waals surface area contributed by atoms with E-state index in [0.29, 0.717) is 6.54 Å². The lowest BCUT2D eigenvalue weighted by molar-refractivity contribution is -0.144. The predicted molar refractivity (Wildman–Crippen MR) is 58.8 cm³/mol. The van der Waals surface area contributed by atoms with Crippen LogP contribution in [0.25, 0.3) is 0 Å². The molecule has 4 heteroatoms. The molecule has 1 saturated heterocycles. The van der Waals surface area contributed by atoms with Crippen molar-refractivity contribution in [1.82, 2.24) is 10.2 Å². The molecule has 0 radical (unpaired) electrons. The summed E-state index contributed by atoms with van der Waals surface area (Å²) in [5.74, 6) is 0.110. The van der Waals surface area contributed by atoms with Gasteiger partial charge in [0.2, 0.25) is 5.91 Å². The molecular weight excluding hydrogens is 204 g/mol. The Morgan fingerprint density at radius 1 is 1.12 bits per heavy atom. The first kappa shape index (κ1) is 10.1. The summed E-state index contributed by atoms with van der Waals surface area (Å²) in [6.07, 6.45) is 7.30. The molecule has 1 spiro atoms. The average Bonchev–Trinajstić information content (AvgIpc) is 2.66. The summed E-state index contributed by atoms with van der Waals surface area (Å²) in [7, 11) is 0. The zero-order valence-electron chi connectivity index (χ0n) is 9.50. The van der Waals surface area contributed by atoms with Crippen molar-refractivity contribution in [3.63, 3.8) is 0 Å². The van der Waals surface area contributed by atoms with E-state index < -0.39 is 0 Å². The Bertz CT molecular complexity index is 330. The topological polar surface area (TPSA) is 49.4 Å². The van der Waals surface area contributed by atoms with Crippen LogP contribution < -0.4 is 5.32 Å². The van der Waals surface area contributed by atoms with Gasteiger partial charge in [-0.05, 0) is 32.1 Å². The number of rotatable bonds is 1. The van der Waals surface area contributed by atoms with Gasteiger partial charge in [-0.2, -0.15) is 0 Å². The molecule has 1 N–H and O–H groups in total. The van der Waals surface area contributed by atoms with E-state index in [4.69, 9.17) is 0 Å². The highest BCUT2D eigenvalue weighted by Crippen LogP contribution is 2.42. The molecule has 88 valence electrons. The first-order chi connectivity index (χ1) is 7.73.